The fourth-order valence-electron chi connectivity index (χ4n) is 3.78. The molecule has 1 N–H and O–H groups in total. The first kappa shape index (κ1) is 17.9. The summed E-state index contributed by atoms with van der Waals surface area (Å²) in [5.41, 5.74) is 2.71. The van der Waals surface area contributed by atoms with Gasteiger partial charge >= 0.3 is 6.03 Å². The molecule has 8 heteroatoms. The van der Waals surface area contributed by atoms with E-state index in [1.165, 1.54) is 28.5 Å². The third-order valence-electron chi connectivity index (χ3n) is 5.22. The Morgan fingerprint density at radius 2 is 1.97 bits per heavy atom. The zero-order valence-corrected chi connectivity index (χ0v) is 15.8. The van der Waals surface area contributed by atoms with Crippen LogP contribution in [0.5, 0.6) is 0 Å². The number of amides is 2. The summed E-state index contributed by atoms with van der Waals surface area (Å²) >= 11 is 0.821. The van der Waals surface area contributed by atoms with E-state index in [-0.39, 0.29) is 29.3 Å². The van der Waals surface area contributed by atoms with Gasteiger partial charge in [0.05, 0.1) is 11.7 Å². The van der Waals surface area contributed by atoms with Crippen molar-refractivity contribution in [1.82, 2.24) is 5.32 Å². The summed E-state index contributed by atoms with van der Waals surface area (Å²) in [6, 6.07) is 8.37. The minimum Gasteiger partial charge on any atom is -0.335 e. The van der Waals surface area contributed by atoms with Crippen molar-refractivity contribution < 1.29 is 18.0 Å². The van der Waals surface area contributed by atoms with Gasteiger partial charge in [0.1, 0.15) is 0 Å². The van der Waals surface area contributed by atoms with E-state index in [2.05, 4.69) is 10.3 Å². The molecule has 2 aromatic carbocycles. The minimum atomic E-state index is -1.06. The molecule has 1 saturated heterocycles. The number of rotatable bonds is 3. The van der Waals surface area contributed by atoms with Gasteiger partial charge in [0, 0.05) is 41.4 Å². The lowest BCUT2D eigenvalue weighted by molar-refractivity contribution is 0.251. The molecule has 1 unspecified atom stereocenters. The Balaban J connectivity index is 1.55. The Morgan fingerprint density at radius 1 is 1.10 bits per heavy atom. The van der Waals surface area contributed by atoms with Crippen LogP contribution in [-0.2, 0) is 6.42 Å². The number of hydrogen-bond acceptors (Lipinski definition) is 3. The van der Waals surface area contributed by atoms with Gasteiger partial charge in [0.2, 0.25) is 0 Å². The Hall–Kier alpha value is -3.13. The van der Waals surface area contributed by atoms with Crippen LogP contribution in [-0.4, -0.2) is 18.8 Å². The topological polar surface area (TPSA) is 44.7 Å². The Morgan fingerprint density at radius 3 is 2.76 bits per heavy atom. The lowest BCUT2D eigenvalue weighted by Crippen LogP contribution is -2.30. The summed E-state index contributed by atoms with van der Waals surface area (Å²) < 4.78 is 43.1. The zero-order valence-electron chi connectivity index (χ0n) is 15.0. The highest BCUT2D eigenvalue weighted by Crippen LogP contribution is 2.38. The van der Waals surface area contributed by atoms with Crippen molar-refractivity contribution in [3.05, 3.63) is 69.7 Å². The van der Waals surface area contributed by atoms with E-state index in [0.29, 0.717) is 5.69 Å². The van der Waals surface area contributed by atoms with E-state index in [0.717, 1.165) is 29.0 Å². The van der Waals surface area contributed by atoms with Gasteiger partial charge in [-0.15, -0.1) is 11.3 Å². The quantitative estimate of drug-likeness (QED) is 0.617. The van der Waals surface area contributed by atoms with Crippen molar-refractivity contribution in [2.75, 3.05) is 11.4 Å². The van der Waals surface area contributed by atoms with Crippen LogP contribution < -0.4 is 10.2 Å². The summed E-state index contributed by atoms with van der Waals surface area (Å²) in [6.07, 6.45) is 2.52. The van der Waals surface area contributed by atoms with E-state index in [1.54, 1.807) is 18.3 Å². The largest absolute Gasteiger partial charge is 0.335 e. The molecule has 4 nitrogen and oxygen atoms in total. The van der Waals surface area contributed by atoms with Gasteiger partial charge in [-0.05, 0) is 29.3 Å². The highest BCUT2D eigenvalue weighted by atomic mass is 32.1. The lowest BCUT2D eigenvalue weighted by atomic mass is 9.99. The predicted octanol–water partition coefficient (Wildman–Crippen LogP) is 5.36. The summed E-state index contributed by atoms with van der Waals surface area (Å²) in [6.45, 7) is 0.141. The molecule has 0 spiro atoms. The third kappa shape index (κ3) is 2.91. The number of urea groups is 1. The summed E-state index contributed by atoms with van der Waals surface area (Å²) in [7, 11) is 0. The summed E-state index contributed by atoms with van der Waals surface area (Å²) in [5.74, 6) is -2.10. The first-order chi connectivity index (χ1) is 14.0. The molecule has 0 aliphatic carbocycles. The van der Waals surface area contributed by atoms with E-state index in [9.17, 15) is 18.0 Å². The van der Waals surface area contributed by atoms with Gasteiger partial charge in [-0.25, -0.2) is 13.6 Å². The van der Waals surface area contributed by atoms with Crippen molar-refractivity contribution >= 4 is 35.0 Å². The first-order valence-corrected chi connectivity index (χ1v) is 9.85. The molecule has 146 valence electrons. The highest BCUT2D eigenvalue weighted by molar-refractivity contribution is 7.08. The first-order valence-electron chi connectivity index (χ1n) is 8.98. The van der Waals surface area contributed by atoms with E-state index < -0.39 is 22.8 Å². The van der Waals surface area contributed by atoms with Gasteiger partial charge < -0.3 is 5.32 Å². The molecule has 3 aromatic rings. The van der Waals surface area contributed by atoms with Crippen molar-refractivity contribution in [2.24, 2.45) is 4.99 Å². The number of fused-ring (bicyclic) bond motifs is 1. The van der Waals surface area contributed by atoms with Gasteiger partial charge in [-0.2, -0.15) is 4.39 Å². The summed E-state index contributed by atoms with van der Waals surface area (Å²) in [5, 5.41) is 3.66. The van der Waals surface area contributed by atoms with Gasteiger partial charge in [0.25, 0.3) is 0 Å². The van der Waals surface area contributed by atoms with Crippen LogP contribution >= 0.6 is 11.3 Å². The van der Waals surface area contributed by atoms with Crippen LogP contribution in [0.2, 0.25) is 0 Å². The maximum Gasteiger partial charge on any atom is 0.322 e. The number of thiophene rings is 1. The van der Waals surface area contributed by atoms with Crippen LogP contribution in [0.3, 0.4) is 0 Å². The number of carbonyl (C=O) groups is 1. The predicted molar refractivity (Wildman–Crippen MR) is 107 cm³/mol. The Kier molecular flexibility index (Phi) is 4.16. The van der Waals surface area contributed by atoms with Gasteiger partial charge in [0.15, 0.2) is 16.8 Å². The molecule has 1 atom stereocenters. The summed E-state index contributed by atoms with van der Waals surface area (Å²) in [4.78, 5) is 18.2. The van der Waals surface area contributed by atoms with E-state index >= 15 is 0 Å². The number of nitrogens with zero attached hydrogens (tertiary/aromatic N) is 2. The average molecular weight is 413 g/mol. The average Bonchev–Trinajstić information content (AvgIpc) is 3.43. The standard InChI is InChI=1S/C21H14F3N3OS/c22-18-7-12(10-29-18)14-3-4-15(20(24)19(14)23)17-9-26-21(28)27(17)13-2-1-11-5-6-25-16(11)8-13/h1-4,6-8,10,17H,5,9H2,(H,26,28). The van der Waals surface area contributed by atoms with E-state index in [4.69, 9.17) is 0 Å². The molecule has 2 amide bonds. The van der Waals surface area contributed by atoms with Crippen LogP contribution in [0.4, 0.5) is 29.3 Å². The molecule has 29 heavy (non-hydrogen) atoms. The molecule has 5 rings (SSSR count). The fraction of sp³-hybridized carbons (Fsp3) is 0.143. The molecular formula is C21H14F3N3OS. The normalized spacial score (nSPS) is 17.7. The highest BCUT2D eigenvalue weighted by Gasteiger charge is 2.36. The van der Waals surface area contributed by atoms with Crippen LogP contribution in [0.15, 0.2) is 46.8 Å². The maximum atomic E-state index is 15.0. The molecule has 2 aliphatic heterocycles. The second-order valence-corrected chi connectivity index (χ2v) is 7.73. The van der Waals surface area contributed by atoms with Crippen molar-refractivity contribution in [1.29, 1.82) is 0 Å². The molecule has 2 aliphatic rings. The number of nitrogens with one attached hydrogen (secondary N) is 1. The molecule has 0 radical (unpaired) electrons. The lowest BCUT2D eigenvalue weighted by Gasteiger charge is -2.24. The van der Waals surface area contributed by atoms with Crippen molar-refractivity contribution in [3.63, 3.8) is 0 Å². The van der Waals surface area contributed by atoms with Crippen molar-refractivity contribution in [3.8, 4) is 11.1 Å². The maximum absolute atomic E-state index is 15.0. The number of benzene rings is 2. The SMILES string of the molecule is O=C1NCC(c2ccc(-c3csc(F)c3)c(F)c2F)N1c1ccc2c(c1)N=CC2. The fourth-order valence-corrected chi connectivity index (χ4v) is 4.41. The number of hydrogen-bond donors (Lipinski definition) is 1. The monoisotopic (exact) mass is 413 g/mol. The third-order valence-corrected chi connectivity index (χ3v) is 5.93. The molecule has 3 heterocycles. The van der Waals surface area contributed by atoms with Gasteiger partial charge in [-0.1, -0.05) is 18.2 Å². The van der Waals surface area contributed by atoms with Crippen LogP contribution in [0, 0.1) is 16.8 Å². The van der Waals surface area contributed by atoms with Crippen LogP contribution in [0.25, 0.3) is 11.1 Å². The Labute approximate surface area is 168 Å². The Bertz CT molecular complexity index is 1170. The number of aliphatic imine (C=N–C) groups is 1. The zero-order chi connectivity index (χ0) is 20.1. The van der Waals surface area contributed by atoms with Gasteiger partial charge in [-0.3, -0.25) is 9.89 Å². The molecular weight excluding hydrogens is 399 g/mol. The second-order valence-electron chi connectivity index (χ2n) is 6.87. The second kappa shape index (κ2) is 6.73. The molecule has 0 bridgehead atoms. The molecule has 0 saturated carbocycles. The smallest absolute Gasteiger partial charge is 0.322 e. The number of carbonyl (C=O) groups excluding carboxylic acids is 1. The number of anilines is 1. The van der Waals surface area contributed by atoms with E-state index in [1.807, 2.05) is 6.07 Å². The molecule has 1 aromatic heterocycles. The number of halogens is 3. The van der Waals surface area contributed by atoms with Crippen molar-refractivity contribution in [2.45, 2.75) is 12.5 Å². The minimum absolute atomic E-state index is 0.0119. The molecule has 1 fully saturated rings. The van der Waals surface area contributed by atoms with Crippen LogP contribution in [0.1, 0.15) is 17.2 Å².